The summed E-state index contributed by atoms with van der Waals surface area (Å²) in [5.41, 5.74) is -0.956. The van der Waals surface area contributed by atoms with E-state index in [1.54, 1.807) is 29.2 Å². The van der Waals surface area contributed by atoms with Gasteiger partial charge in [0.2, 0.25) is 11.8 Å². The van der Waals surface area contributed by atoms with Crippen molar-refractivity contribution >= 4 is 34.8 Å². The molecule has 5 nitrogen and oxygen atoms in total. The molecule has 23 heavy (non-hydrogen) atoms. The highest BCUT2D eigenvalue weighted by molar-refractivity contribution is 6.30. The highest BCUT2D eigenvalue weighted by Gasteiger charge is 2.38. The number of amides is 2. The van der Waals surface area contributed by atoms with E-state index in [-0.39, 0.29) is 0 Å². The Kier molecular flexibility index (Phi) is 4.93. The van der Waals surface area contributed by atoms with E-state index in [0.717, 1.165) is 5.69 Å². The van der Waals surface area contributed by atoms with Crippen molar-refractivity contribution in [1.82, 2.24) is 5.32 Å². The number of hydrogen-bond donors (Lipinski definition) is 2. The fraction of sp³-hybridized carbons (Fsp3) is 0.357. The first-order chi connectivity index (χ1) is 10.7. The first kappa shape index (κ1) is 17.3. The summed E-state index contributed by atoms with van der Waals surface area (Å²) in [6.07, 6.45) is -5.56. The lowest BCUT2D eigenvalue weighted by atomic mass is 10.0. The zero-order chi connectivity index (χ0) is 17.2. The summed E-state index contributed by atoms with van der Waals surface area (Å²) in [4.78, 5) is 25.1. The third-order valence-corrected chi connectivity index (χ3v) is 3.67. The molecule has 1 aliphatic rings. The van der Waals surface area contributed by atoms with E-state index in [2.05, 4.69) is 0 Å². The maximum atomic E-state index is 12.2. The molecule has 0 aromatic heterocycles. The summed E-state index contributed by atoms with van der Waals surface area (Å²) < 4.78 is 36.6. The number of imide groups is 1. The maximum absolute atomic E-state index is 12.2. The van der Waals surface area contributed by atoms with Gasteiger partial charge in [-0.3, -0.25) is 14.9 Å². The van der Waals surface area contributed by atoms with E-state index in [1.807, 2.05) is 5.32 Å². The number of carbonyl (C=O) groups excluding carboxylic acids is 2. The molecule has 1 saturated heterocycles. The average Bonchev–Trinajstić information content (AvgIpc) is 2.38. The molecule has 0 aliphatic carbocycles. The molecule has 0 spiro atoms. The molecular weight excluding hydrogens is 335 g/mol. The highest BCUT2D eigenvalue weighted by atomic mass is 35.5. The van der Waals surface area contributed by atoms with Gasteiger partial charge in [0.15, 0.2) is 0 Å². The fourth-order valence-electron chi connectivity index (χ4n) is 2.13. The molecule has 1 aromatic carbocycles. The SMILES string of the molecule is N=C(CC(=O)NC(=O)C1CCN1c1ccc(Cl)cc1)C(F)(F)F. The summed E-state index contributed by atoms with van der Waals surface area (Å²) in [6.45, 7) is 0.590. The molecule has 124 valence electrons. The van der Waals surface area contributed by atoms with Crippen LogP contribution in [0.3, 0.4) is 0 Å². The number of carbonyl (C=O) groups is 2. The molecule has 1 aliphatic heterocycles. The maximum Gasteiger partial charge on any atom is 0.429 e. The van der Waals surface area contributed by atoms with Gasteiger partial charge in [0, 0.05) is 17.3 Å². The van der Waals surface area contributed by atoms with Crippen molar-refractivity contribution in [3.63, 3.8) is 0 Å². The van der Waals surface area contributed by atoms with Crippen LogP contribution in [0.4, 0.5) is 18.9 Å². The monoisotopic (exact) mass is 347 g/mol. The van der Waals surface area contributed by atoms with E-state index >= 15 is 0 Å². The first-order valence-electron chi connectivity index (χ1n) is 6.69. The molecule has 1 atom stereocenters. The Morgan fingerprint density at radius 3 is 2.39 bits per heavy atom. The van der Waals surface area contributed by atoms with Gasteiger partial charge < -0.3 is 10.3 Å². The van der Waals surface area contributed by atoms with E-state index in [9.17, 15) is 22.8 Å². The van der Waals surface area contributed by atoms with Crippen LogP contribution >= 0.6 is 11.6 Å². The lowest BCUT2D eigenvalue weighted by molar-refractivity contribution is -0.131. The van der Waals surface area contributed by atoms with Crippen LogP contribution in [0.15, 0.2) is 24.3 Å². The molecule has 0 saturated carbocycles. The van der Waals surface area contributed by atoms with Crippen molar-refractivity contribution in [1.29, 1.82) is 5.41 Å². The van der Waals surface area contributed by atoms with Crippen LogP contribution in [0, 0.1) is 5.41 Å². The van der Waals surface area contributed by atoms with Crippen LogP contribution < -0.4 is 10.2 Å². The number of nitrogens with one attached hydrogen (secondary N) is 2. The fourth-order valence-corrected chi connectivity index (χ4v) is 2.25. The number of rotatable bonds is 4. The third kappa shape index (κ3) is 4.22. The molecule has 0 bridgehead atoms. The second-order valence-corrected chi connectivity index (χ2v) is 5.48. The molecule has 2 N–H and O–H groups in total. The van der Waals surface area contributed by atoms with Crippen molar-refractivity contribution in [2.45, 2.75) is 25.1 Å². The highest BCUT2D eigenvalue weighted by Crippen LogP contribution is 2.27. The second-order valence-electron chi connectivity index (χ2n) is 5.04. The summed E-state index contributed by atoms with van der Waals surface area (Å²) in [5, 5.41) is 9.20. The summed E-state index contributed by atoms with van der Waals surface area (Å²) >= 11 is 5.78. The number of nitrogens with zero attached hydrogens (tertiary/aromatic N) is 1. The van der Waals surface area contributed by atoms with Gasteiger partial charge in [0.1, 0.15) is 11.8 Å². The van der Waals surface area contributed by atoms with Crippen LogP contribution in [0.5, 0.6) is 0 Å². The van der Waals surface area contributed by atoms with Crippen molar-refractivity contribution < 1.29 is 22.8 Å². The Balaban J connectivity index is 1.92. The lowest BCUT2D eigenvalue weighted by Gasteiger charge is -2.41. The molecule has 1 heterocycles. The van der Waals surface area contributed by atoms with E-state index < -0.39 is 36.2 Å². The normalized spacial score (nSPS) is 17.4. The number of alkyl halides is 3. The Morgan fingerprint density at radius 2 is 1.91 bits per heavy atom. The standard InChI is InChI=1S/C14H13ClF3N3O2/c15-8-1-3-9(4-2-8)21-6-5-10(21)13(23)20-12(22)7-11(19)14(16,17)18/h1-4,10,19H,5-7H2,(H,20,22,23). The van der Waals surface area contributed by atoms with Crippen molar-refractivity contribution in [3.05, 3.63) is 29.3 Å². The number of benzene rings is 1. The third-order valence-electron chi connectivity index (χ3n) is 3.42. The second kappa shape index (κ2) is 6.57. The summed E-state index contributed by atoms with van der Waals surface area (Å²) in [7, 11) is 0. The zero-order valence-electron chi connectivity index (χ0n) is 11.8. The minimum atomic E-state index is -4.87. The minimum absolute atomic E-state index is 0.485. The predicted octanol–water partition coefficient (Wildman–Crippen LogP) is 2.53. The molecule has 2 amide bonds. The largest absolute Gasteiger partial charge is 0.429 e. The van der Waals surface area contributed by atoms with Crippen molar-refractivity contribution in [3.8, 4) is 0 Å². The molecule has 2 rings (SSSR count). The van der Waals surface area contributed by atoms with E-state index in [1.165, 1.54) is 0 Å². The number of anilines is 1. The van der Waals surface area contributed by atoms with E-state index in [4.69, 9.17) is 17.0 Å². The van der Waals surface area contributed by atoms with Gasteiger partial charge in [-0.15, -0.1) is 0 Å². The Hall–Kier alpha value is -2.09. The Morgan fingerprint density at radius 1 is 1.30 bits per heavy atom. The minimum Gasteiger partial charge on any atom is -0.359 e. The molecule has 0 radical (unpaired) electrons. The van der Waals surface area contributed by atoms with Gasteiger partial charge in [-0.25, -0.2) is 0 Å². The molecule has 1 fully saturated rings. The topological polar surface area (TPSA) is 73.3 Å². The summed E-state index contributed by atoms with van der Waals surface area (Å²) in [6, 6.07) is 6.10. The van der Waals surface area contributed by atoms with Gasteiger partial charge in [-0.2, -0.15) is 13.2 Å². The smallest absolute Gasteiger partial charge is 0.359 e. The number of hydrogen-bond acceptors (Lipinski definition) is 4. The van der Waals surface area contributed by atoms with Crippen LogP contribution in [0.2, 0.25) is 5.02 Å². The average molecular weight is 348 g/mol. The lowest BCUT2D eigenvalue weighted by Crippen LogP contribution is -2.57. The zero-order valence-corrected chi connectivity index (χ0v) is 12.5. The van der Waals surface area contributed by atoms with Crippen molar-refractivity contribution in [2.75, 3.05) is 11.4 Å². The molecule has 9 heteroatoms. The molecule has 1 aromatic rings. The van der Waals surface area contributed by atoms with Gasteiger partial charge >= 0.3 is 6.18 Å². The first-order valence-corrected chi connectivity index (χ1v) is 7.07. The van der Waals surface area contributed by atoms with Crippen molar-refractivity contribution in [2.24, 2.45) is 0 Å². The Bertz CT molecular complexity index is 631. The van der Waals surface area contributed by atoms with Gasteiger partial charge in [0.25, 0.3) is 0 Å². The van der Waals surface area contributed by atoms with Gasteiger partial charge in [0.05, 0.1) is 6.42 Å². The summed E-state index contributed by atoms with van der Waals surface area (Å²) in [5.74, 6) is -1.81. The van der Waals surface area contributed by atoms with Crippen LogP contribution in [0.1, 0.15) is 12.8 Å². The number of halogens is 4. The molecule has 1 unspecified atom stereocenters. The van der Waals surface area contributed by atoms with Gasteiger partial charge in [-0.1, -0.05) is 11.6 Å². The Labute approximate surface area is 134 Å². The van der Waals surface area contributed by atoms with Crippen LogP contribution in [-0.4, -0.2) is 36.3 Å². The van der Waals surface area contributed by atoms with Crippen LogP contribution in [-0.2, 0) is 9.59 Å². The van der Waals surface area contributed by atoms with Crippen LogP contribution in [0.25, 0.3) is 0 Å². The van der Waals surface area contributed by atoms with Gasteiger partial charge in [-0.05, 0) is 30.7 Å². The predicted molar refractivity (Wildman–Crippen MR) is 78.8 cm³/mol. The molecular formula is C14H13ClF3N3O2. The quantitative estimate of drug-likeness (QED) is 0.822. The van der Waals surface area contributed by atoms with E-state index in [0.29, 0.717) is 18.0 Å².